The van der Waals surface area contributed by atoms with Gasteiger partial charge in [-0.3, -0.25) is 0 Å². The minimum atomic E-state index is -3.69. The molecule has 0 aliphatic rings. The van der Waals surface area contributed by atoms with Crippen LogP contribution in [0.1, 0.15) is 5.56 Å². The fourth-order valence-corrected chi connectivity index (χ4v) is 3.46. The predicted molar refractivity (Wildman–Crippen MR) is 109 cm³/mol. The average Bonchev–Trinajstić information content (AvgIpc) is 2.74. The highest BCUT2D eigenvalue weighted by Gasteiger charge is 2.14. The Balaban J connectivity index is 1.56. The molecule has 7 nitrogen and oxygen atoms in total. The zero-order chi connectivity index (χ0) is 21.4. The molecule has 0 aliphatic heterocycles. The molecule has 0 aliphatic carbocycles. The number of pyridine rings is 1. The molecule has 3 rings (SSSR count). The summed E-state index contributed by atoms with van der Waals surface area (Å²) in [6.07, 6.45) is 1.49. The van der Waals surface area contributed by atoms with Crippen molar-refractivity contribution in [1.82, 2.24) is 9.71 Å². The third kappa shape index (κ3) is 6.24. The number of hydrogen-bond donors (Lipinski definition) is 1. The normalized spacial score (nSPS) is 11.3. The number of hydrogen-bond acceptors (Lipinski definition) is 6. The Morgan fingerprint density at radius 2 is 1.80 bits per heavy atom. The van der Waals surface area contributed by atoms with E-state index in [1.807, 2.05) is 0 Å². The molecule has 3 aromatic rings. The van der Waals surface area contributed by atoms with Crippen LogP contribution in [0.25, 0.3) is 0 Å². The van der Waals surface area contributed by atoms with Gasteiger partial charge in [-0.05, 0) is 42.0 Å². The first-order chi connectivity index (χ1) is 14.5. The monoisotopic (exact) mass is 432 g/mol. The van der Waals surface area contributed by atoms with E-state index < -0.39 is 15.8 Å². The summed E-state index contributed by atoms with van der Waals surface area (Å²) in [7, 11) is -2.12. The summed E-state index contributed by atoms with van der Waals surface area (Å²) in [5, 5.41) is 0. The van der Waals surface area contributed by atoms with Crippen LogP contribution in [0.3, 0.4) is 0 Å². The summed E-state index contributed by atoms with van der Waals surface area (Å²) >= 11 is 0. The Morgan fingerprint density at radius 3 is 2.47 bits per heavy atom. The molecule has 9 heteroatoms. The molecule has 0 saturated carbocycles. The Kier molecular flexibility index (Phi) is 7.34. The molecule has 0 radical (unpaired) electrons. The third-order valence-electron chi connectivity index (χ3n) is 3.97. The van der Waals surface area contributed by atoms with Crippen molar-refractivity contribution in [3.8, 4) is 17.4 Å². The van der Waals surface area contributed by atoms with Crippen LogP contribution >= 0.6 is 0 Å². The highest BCUT2D eigenvalue weighted by Crippen LogP contribution is 2.20. The van der Waals surface area contributed by atoms with Crippen LogP contribution in [0.2, 0.25) is 0 Å². The van der Waals surface area contributed by atoms with Crippen LogP contribution in [-0.2, 0) is 21.3 Å². The molecule has 0 spiro atoms. The van der Waals surface area contributed by atoms with E-state index in [4.69, 9.17) is 14.2 Å². The van der Waals surface area contributed by atoms with Crippen LogP contribution in [0.4, 0.5) is 4.39 Å². The zero-order valence-corrected chi connectivity index (χ0v) is 17.1. The number of rotatable bonds is 10. The van der Waals surface area contributed by atoms with Gasteiger partial charge in [0.2, 0.25) is 15.9 Å². The lowest BCUT2D eigenvalue weighted by Gasteiger charge is -2.09. The summed E-state index contributed by atoms with van der Waals surface area (Å²) in [6.45, 7) is 0.885. The number of benzene rings is 2. The number of halogens is 1. The second kappa shape index (κ2) is 10.1. The van der Waals surface area contributed by atoms with Crippen LogP contribution < -0.4 is 14.2 Å². The summed E-state index contributed by atoms with van der Waals surface area (Å²) in [4.78, 5) is 4.24. The van der Waals surface area contributed by atoms with Crippen molar-refractivity contribution >= 4 is 10.0 Å². The molecule has 0 amide bonds. The van der Waals surface area contributed by atoms with Gasteiger partial charge in [0.25, 0.3) is 0 Å². The fraction of sp³-hybridized carbons (Fsp3) is 0.190. The fourth-order valence-electron chi connectivity index (χ4n) is 2.45. The van der Waals surface area contributed by atoms with Crippen molar-refractivity contribution in [2.24, 2.45) is 0 Å². The number of nitrogens with zero attached hydrogens (tertiary/aromatic N) is 1. The number of aromatic nitrogens is 1. The van der Waals surface area contributed by atoms with Gasteiger partial charge in [0.15, 0.2) is 0 Å². The molecule has 0 atom stereocenters. The first-order valence-corrected chi connectivity index (χ1v) is 10.5. The highest BCUT2D eigenvalue weighted by molar-refractivity contribution is 7.89. The Morgan fingerprint density at radius 1 is 1.00 bits per heavy atom. The van der Waals surface area contributed by atoms with Gasteiger partial charge >= 0.3 is 0 Å². The van der Waals surface area contributed by atoms with E-state index in [-0.39, 0.29) is 17.3 Å². The van der Waals surface area contributed by atoms with E-state index in [0.717, 1.165) is 0 Å². The van der Waals surface area contributed by atoms with Crippen molar-refractivity contribution in [2.75, 3.05) is 20.3 Å². The quantitative estimate of drug-likeness (QED) is 0.494. The first kappa shape index (κ1) is 21.7. The summed E-state index contributed by atoms with van der Waals surface area (Å²) < 4.78 is 56.4. The molecule has 2 aromatic carbocycles. The molecule has 0 saturated heterocycles. The van der Waals surface area contributed by atoms with Crippen molar-refractivity contribution in [3.05, 3.63) is 78.2 Å². The predicted octanol–water partition coefficient (Wildman–Crippen LogP) is 3.52. The maximum absolute atomic E-state index is 13.2. The third-order valence-corrected chi connectivity index (χ3v) is 5.39. The van der Waals surface area contributed by atoms with Crippen LogP contribution in [0.15, 0.2) is 71.8 Å². The second-order valence-electron chi connectivity index (χ2n) is 6.20. The minimum absolute atomic E-state index is 0.0572. The van der Waals surface area contributed by atoms with Crippen molar-refractivity contribution in [1.29, 1.82) is 0 Å². The topological polar surface area (TPSA) is 86.8 Å². The maximum atomic E-state index is 13.2. The number of ether oxygens (including phenoxy) is 3. The van der Waals surface area contributed by atoms with E-state index in [1.165, 1.54) is 36.5 Å². The largest absolute Gasteiger partial charge is 0.491 e. The van der Waals surface area contributed by atoms with Crippen molar-refractivity contribution in [3.63, 3.8) is 0 Å². The van der Waals surface area contributed by atoms with E-state index >= 15 is 0 Å². The van der Waals surface area contributed by atoms with E-state index in [0.29, 0.717) is 30.3 Å². The van der Waals surface area contributed by atoms with Gasteiger partial charge in [-0.1, -0.05) is 12.1 Å². The Hall–Kier alpha value is -3.01. The van der Waals surface area contributed by atoms with Crippen molar-refractivity contribution < 1.29 is 27.0 Å². The lowest BCUT2D eigenvalue weighted by molar-refractivity contribution is 0.146. The van der Waals surface area contributed by atoms with Gasteiger partial charge < -0.3 is 14.2 Å². The van der Waals surface area contributed by atoms with Gasteiger partial charge in [-0.2, -0.15) is 0 Å². The molecule has 0 fully saturated rings. The van der Waals surface area contributed by atoms with Gasteiger partial charge in [-0.15, -0.1) is 0 Å². The SMILES string of the molecule is COCCOc1ccc(S(=O)(=O)NCc2ccc(Oc3cccc(F)c3)nc2)cc1. The van der Waals surface area contributed by atoms with Crippen LogP contribution in [0, 0.1) is 5.82 Å². The zero-order valence-electron chi connectivity index (χ0n) is 16.2. The summed E-state index contributed by atoms with van der Waals surface area (Å²) in [6, 6.07) is 15.1. The highest BCUT2D eigenvalue weighted by atomic mass is 32.2. The smallest absolute Gasteiger partial charge is 0.240 e. The lowest BCUT2D eigenvalue weighted by Crippen LogP contribution is -2.23. The molecule has 0 unspecified atom stereocenters. The summed E-state index contributed by atoms with van der Waals surface area (Å²) in [5.41, 5.74) is 0.643. The lowest BCUT2D eigenvalue weighted by atomic mass is 10.3. The summed E-state index contributed by atoms with van der Waals surface area (Å²) in [5.74, 6) is 0.749. The molecule has 1 aromatic heterocycles. The maximum Gasteiger partial charge on any atom is 0.240 e. The molecule has 0 bridgehead atoms. The second-order valence-corrected chi connectivity index (χ2v) is 7.97. The Labute approximate surface area is 174 Å². The van der Waals surface area contributed by atoms with E-state index in [9.17, 15) is 12.8 Å². The average molecular weight is 432 g/mol. The van der Waals surface area contributed by atoms with E-state index in [1.54, 1.807) is 37.4 Å². The van der Waals surface area contributed by atoms with Gasteiger partial charge in [-0.25, -0.2) is 22.5 Å². The Bertz CT molecular complexity index is 1060. The van der Waals surface area contributed by atoms with Gasteiger partial charge in [0.1, 0.15) is 23.9 Å². The number of nitrogens with one attached hydrogen (secondary N) is 1. The van der Waals surface area contributed by atoms with Gasteiger partial charge in [0.05, 0.1) is 11.5 Å². The molecule has 158 valence electrons. The molecule has 30 heavy (non-hydrogen) atoms. The van der Waals surface area contributed by atoms with Crippen LogP contribution in [0.5, 0.6) is 17.4 Å². The molecular formula is C21H21FN2O5S. The standard InChI is InChI=1S/C21H21FN2O5S/c1-27-11-12-28-18-6-8-20(9-7-18)30(25,26)24-15-16-5-10-21(23-14-16)29-19-4-2-3-17(22)13-19/h2-10,13-14,24H,11-12,15H2,1H3. The number of sulfonamides is 1. The molecule has 1 N–H and O–H groups in total. The minimum Gasteiger partial charge on any atom is -0.491 e. The number of methoxy groups -OCH3 is 1. The van der Waals surface area contributed by atoms with Crippen LogP contribution in [-0.4, -0.2) is 33.7 Å². The first-order valence-electron chi connectivity index (χ1n) is 9.06. The molecular weight excluding hydrogens is 411 g/mol. The van der Waals surface area contributed by atoms with Crippen molar-refractivity contribution in [2.45, 2.75) is 11.4 Å². The van der Waals surface area contributed by atoms with E-state index in [2.05, 4.69) is 9.71 Å². The van der Waals surface area contributed by atoms with Gasteiger partial charge in [0, 0.05) is 32.0 Å². The molecule has 1 heterocycles.